The molecule has 18 heavy (non-hydrogen) atoms. The third-order valence-electron chi connectivity index (χ3n) is 2.42. The van der Waals surface area contributed by atoms with Crippen LogP contribution in [0.1, 0.15) is 0 Å². The van der Waals surface area contributed by atoms with E-state index in [2.05, 4.69) is 4.39 Å². The monoisotopic (exact) mass is 270 g/mol. The van der Waals surface area contributed by atoms with Crippen LogP contribution in [-0.2, 0) is 14.5 Å². The molecule has 2 rings (SSSR count). The van der Waals surface area contributed by atoms with E-state index in [1.54, 1.807) is 12.1 Å². The van der Waals surface area contributed by atoms with Crippen molar-refractivity contribution in [1.82, 2.24) is 0 Å². The van der Waals surface area contributed by atoms with Gasteiger partial charge in [-0.25, -0.2) is 0 Å². The number of halogens is 1. The van der Waals surface area contributed by atoms with Gasteiger partial charge in [-0.05, 0) is 27.4 Å². The van der Waals surface area contributed by atoms with E-state index in [4.69, 9.17) is 4.74 Å². The minimum Gasteiger partial charge on any atom is -0.492 e. The molecule has 0 radical (unpaired) electrons. The molecule has 96 valence electrons. The zero-order valence-corrected chi connectivity index (χ0v) is 10.2. The third kappa shape index (κ3) is 3.18. The fourth-order valence-corrected chi connectivity index (χ4v) is 1.90. The molecule has 0 spiro atoms. The maximum atomic E-state index is 11.6. The van der Waals surface area contributed by atoms with E-state index in [9.17, 15) is 12.9 Å². The summed E-state index contributed by atoms with van der Waals surface area (Å²) < 4.78 is 41.1. The highest BCUT2D eigenvalue weighted by Gasteiger charge is 2.11. The summed E-state index contributed by atoms with van der Waals surface area (Å²) in [5.41, 5.74) is 0. The topological polar surface area (TPSA) is 52.6 Å². The van der Waals surface area contributed by atoms with Gasteiger partial charge in [0.1, 0.15) is 18.1 Å². The Labute approximate surface area is 104 Å². The Morgan fingerprint density at radius 1 is 1.06 bits per heavy atom. The quantitative estimate of drug-likeness (QED) is 0.837. The molecule has 0 aliphatic heterocycles. The first-order chi connectivity index (χ1) is 8.61. The van der Waals surface area contributed by atoms with Crippen LogP contribution in [0.3, 0.4) is 0 Å². The van der Waals surface area contributed by atoms with Crippen LogP contribution in [0.15, 0.2) is 42.5 Å². The molecule has 0 heterocycles. The van der Waals surface area contributed by atoms with Crippen molar-refractivity contribution in [3.63, 3.8) is 0 Å². The van der Waals surface area contributed by atoms with Gasteiger partial charge in [0.05, 0.1) is 0 Å². The first-order valence-electron chi connectivity index (χ1n) is 5.25. The number of fused-ring (bicyclic) bond motifs is 1. The van der Waals surface area contributed by atoms with Crippen molar-refractivity contribution in [3.8, 4) is 5.75 Å². The number of hydrogen-bond donors (Lipinski definition) is 0. The molecule has 0 bridgehead atoms. The molecule has 0 fully saturated rings. The van der Waals surface area contributed by atoms with Crippen LogP contribution >= 0.6 is 0 Å². The molecule has 6 heteroatoms. The first-order valence-corrected chi connectivity index (χ1v) is 6.83. The fourth-order valence-electron chi connectivity index (χ4n) is 1.55. The zero-order valence-electron chi connectivity index (χ0n) is 9.37. The summed E-state index contributed by atoms with van der Waals surface area (Å²) in [4.78, 5) is 0. The SMILES string of the molecule is O=S(=O)(CCOc1ccc2ccccc2c1)OF. The Bertz CT molecular complexity index is 639. The largest absolute Gasteiger partial charge is 0.492 e. The molecular weight excluding hydrogens is 259 g/mol. The van der Waals surface area contributed by atoms with Crippen LogP contribution in [0.4, 0.5) is 4.53 Å². The van der Waals surface area contributed by atoms with E-state index in [0.29, 0.717) is 5.75 Å². The first kappa shape index (κ1) is 12.8. The van der Waals surface area contributed by atoms with Crippen molar-refractivity contribution in [3.05, 3.63) is 42.5 Å². The lowest BCUT2D eigenvalue weighted by Crippen LogP contribution is -2.13. The summed E-state index contributed by atoms with van der Waals surface area (Å²) in [6, 6.07) is 13.1. The van der Waals surface area contributed by atoms with E-state index in [-0.39, 0.29) is 6.61 Å². The van der Waals surface area contributed by atoms with Gasteiger partial charge in [-0.1, -0.05) is 34.7 Å². The molecule has 2 aromatic carbocycles. The molecule has 0 saturated carbocycles. The van der Waals surface area contributed by atoms with Crippen molar-refractivity contribution in [2.45, 2.75) is 0 Å². The van der Waals surface area contributed by atoms with Gasteiger partial charge < -0.3 is 4.74 Å². The number of rotatable bonds is 5. The average molecular weight is 270 g/mol. The molecule has 0 atom stereocenters. The number of hydrogen-bond acceptors (Lipinski definition) is 4. The standard InChI is InChI=1S/C12H11FO4S/c13-17-18(14,15)8-7-16-12-6-5-10-3-1-2-4-11(10)9-12/h1-6,9H,7-8H2. The van der Waals surface area contributed by atoms with Gasteiger partial charge in [-0.15, -0.1) is 0 Å². The molecular formula is C12H11FO4S. The normalized spacial score (nSPS) is 11.6. The molecule has 0 N–H and O–H groups in total. The number of benzene rings is 2. The van der Waals surface area contributed by atoms with Gasteiger partial charge in [0.15, 0.2) is 0 Å². The summed E-state index contributed by atoms with van der Waals surface area (Å²) in [6.07, 6.45) is 0. The second kappa shape index (κ2) is 5.32. The predicted octanol–water partition coefficient (Wildman–Crippen LogP) is 2.45. The Kier molecular flexibility index (Phi) is 3.78. The van der Waals surface area contributed by atoms with Gasteiger partial charge in [-0.2, -0.15) is 8.42 Å². The van der Waals surface area contributed by atoms with E-state index in [1.807, 2.05) is 30.3 Å². The predicted molar refractivity (Wildman–Crippen MR) is 65.4 cm³/mol. The van der Waals surface area contributed by atoms with Crippen molar-refractivity contribution in [1.29, 1.82) is 0 Å². The maximum absolute atomic E-state index is 11.6. The molecule has 2 aromatic rings. The second-order valence-corrected chi connectivity index (χ2v) is 5.33. The molecule has 0 aliphatic carbocycles. The van der Waals surface area contributed by atoms with Gasteiger partial charge in [0, 0.05) is 0 Å². The summed E-state index contributed by atoms with van der Waals surface area (Å²) in [6.45, 7) is -0.162. The lowest BCUT2D eigenvalue weighted by atomic mass is 10.1. The zero-order chi connectivity index (χ0) is 13.0. The Morgan fingerprint density at radius 2 is 1.78 bits per heavy atom. The lowest BCUT2D eigenvalue weighted by Gasteiger charge is -2.06. The van der Waals surface area contributed by atoms with E-state index < -0.39 is 15.9 Å². The Hall–Kier alpha value is -1.66. The maximum Gasteiger partial charge on any atom is 0.301 e. The van der Waals surface area contributed by atoms with Crippen molar-refractivity contribution < 1.29 is 22.1 Å². The summed E-state index contributed by atoms with van der Waals surface area (Å²) in [5.74, 6) is -0.00109. The summed E-state index contributed by atoms with van der Waals surface area (Å²) in [7, 11) is -4.12. The van der Waals surface area contributed by atoms with Crippen LogP contribution < -0.4 is 4.74 Å². The van der Waals surface area contributed by atoms with Crippen LogP contribution in [0.5, 0.6) is 5.75 Å². The highest BCUT2D eigenvalue weighted by atomic mass is 32.2. The molecule has 4 nitrogen and oxygen atoms in total. The number of ether oxygens (including phenoxy) is 1. The molecule has 0 aliphatic rings. The second-order valence-electron chi connectivity index (χ2n) is 3.68. The molecule has 0 unspecified atom stereocenters. The summed E-state index contributed by atoms with van der Waals surface area (Å²) in [5, 5.41) is 2.05. The van der Waals surface area contributed by atoms with Crippen LogP contribution in [0, 0.1) is 0 Å². The lowest BCUT2D eigenvalue weighted by molar-refractivity contribution is 0.00249. The smallest absolute Gasteiger partial charge is 0.301 e. The van der Waals surface area contributed by atoms with Gasteiger partial charge in [0.2, 0.25) is 0 Å². The van der Waals surface area contributed by atoms with E-state index >= 15 is 0 Å². The minimum atomic E-state index is -4.12. The van der Waals surface area contributed by atoms with Crippen molar-refractivity contribution >= 4 is 20.9 Å². The average Bonchev–Trinajstić information content (AvgIpc) is 2.38. The van der Waals surface area contributed by atoms with E-state index in [1.165, 1.54) is 0 Å². The van der Waals surface area contributed by atoms with Crippen LogP contribution in [0.25, 0.3) is 10.8 Å². The highest BCUT2D eigenvalue weighted by molar-refractivity contribution is 7.86. The van der Waals surface area contributed by atoms with Gasteiger partial charge in [0.25, 0.3) is 0 Å². The van der Waals surface area contributed by atoms with Crippen molar-refractivity contribution in [2.24, 2.45) is 0 Å². The fraction of sp³-hybridized carbons (Fsp3) is 0.167. The van der Waals surface area contributed by atoms with Crippen LogP contribution in [0.2, 0.25) is 0 Å². The molecule has 0 saturated heterocycles. The molecule has 0 amide bonds. The highest BCUT2D eigenvalue weighted by Crippen LogP contribution is 2.20. The Morgan fingerprint density at radius 3 is 2.50 bits per heavy atom. The van der Waals surface area contributed by atoms with Gasteiger partial charge >= 0.3 is 10.1 Å². The van der Waals surface area contributed by atoms with E-state index in [0.717, 1.165) is 10.8 Å². The Balaban J connectivity index is 2.04. The minimum absolute atomic E-state index is 0.162. The van der Waals surface area contributed by atoms with Crippen molar-refractivity contribution in [2.75, 3.05) is 12.4 Å². The van der Waals surface area contributed by atoms with Gasteiger partial charge in [-0.3, -0.25) is 0 Å². The van der Waals surface area contributed by atoms with Crippen LogP contribution in [-0.4, -0.2) is 20.8 Å². The molecule has 0 aromatic heterocycles. The summed E-state index contributed by atoms with van der Waals surface area (Å²) >= 11 is 0. The third-order valence-corrected chi connectivity index (χ3v) is 3.28.